The number of hydrogen-bond acceptors (Lipinski definition) is 6. The molecule has 1 aliphatic rings. The second-order valence-electron chi connectivity index (χ2n) is 6.48. The van der Waals surface area contributed by atoms with Crippen LogP contribution >= 0.6 is 0 Å². The highest BCUT2D eigenvalue weighted by Crippen LogP contribution is 2.29. The molecule has 3 aromatic rings. The zero-order valence-electron chi connectivity index (χ0n) is 15.3. The van der Waals surface area contributed by atoms with Gasteiger partial charge < -0.3 is 9.80 Å². The molecule has 1 N–H and O–H groups in total. The van der Waals surface area contributed by atoms with Crippen molar-refractivity contribution in [1.29, 1.82) is 0 Å². The summed E-state index contributed by atoms with van der Waals surface area (Å²) in [6, 6.07) is 11.8. The number of fused-ring (bicyclic) bond motifs is 1. The first kappa shape index (κ1) is 18.6. The fourth-order valence-corrected chi connectivity index (χ4v) is 4.45. The molecule has 4 rings (SSSR count). The maximum atomic E-state index is 14.0. The zero-order valence-corrected chi connectivity index (χ0v) is 16.2. The van der Waals surface area contributed by atoms with E-state index in [1.54, 1.807) is 18.2 Å². The Balaban J connectivity index is 1.60. The van der Waals surface area contributed by atoms with Crippen molar-refractivity contribution in [3.63, 3.8) is 0 Å². The van der Waals surface area contributed by atoms with Gasteiger partial charge in [0.1, 0.15) is 28.4 Å². The summed E-state index contributed by atoms with van der Waals surface area (Å²) in [5, 5.41) is 0.675. The van der Waals surface area contributed by atoms with Crippen LogP contribution < -0.4 is 14.5 Å². The number of aromatic nitrogens is 2. The fraction of sp³-hybridized carbons (Fsp3) is 0.263. The highest BCUT2D eigenvalue weighted by atomic mass is 32.2. The highest BCUT2D eigenvalue weighted by Gasteiger charge is 2.25. The van der Waals surface area contributed by atoms with E-state index in [0.717, 1.165) is 0 Å². The molecule has 0 spiro atoms. The largest absolute Gasteiger partial charge is 0.367 e. The summed E-state index contributed by atoms with van der Waals surface area (Å²) in [5.74, 6) is 0.325. The highest BCUT2D eigenvalue weighted by molar-refractivity contribution is 7.89. The van der Waals surface area contributed by atoms with Crippen molar-refractivity contribution in [1.82, 2.24) is 14.7 Å². The summed E-state index contributed by atoms with van der Waals surface area (Å²) in [4.78, 5) is 12.8. The van der Waals surface area contributed by atoms with Gasteiger partial charge in [-0.1, -0.05) is 18.2 Å². The second-order valence-corrected chi connectivity index (χ2v) is 8.34. The SMILES string of the molecule is CNS(=O)(=O)c1ccccc1N1CCN(c2ncnc3c(F)cccc23)CC1. The van der Waals surface area contributed by atoms with Crippen LogP contribution in [0.1, 0.15) is 0 Å². The van der Waals surface area contributed by atoms with Crippen molar-refractivity contribution >= 4 is 32.4 Å². The quantitative estimate of drug-likeness (QED) is 0.721. The van der Waals surface area contributed by atoms with Crippen molar-refractivity contribution in [2.75, 3.05) is 43.0 Å². The van der Waals surface area contributed by atoms with Gasteiger partial charge in [0, 0.05) is 31.6 Å². The fourth-order valence-electron chi connectivity index (χ4n) is 3.50. The molecule has 0 atom stereocenters. The molecule has 1 aliphatic heterocycles. The third-order valence-corrected chi connectivity index (χ3v) is 6.40. The monoisotopic (exact) mass is 401 g/mol. The lowest BCUT2D eigenvalue weighted by Crippen LogP contribution is -2.47. The Labute approximate surface area is 162 Å². The molecule has 1 fully saturated rings. The molecule has 146 valence electrons. The lowest BCUT2D eigenvalue weighted by molar-refractivity contribution is 0.586. The maximum Gasteiger partial charge on any atom is 0.242 e. The van der Waals surface area contributed by atoms with E-state index in [9.17, 15) is 12.8 Å². The molecule has 0 aliphatic carbocycles. The van der Waals surface area contributed by atoms with Crippen LogP contribution in [-0.2, 0) is 10.0 Å². The Hall–Kier alpha value is -2.78. The Morgan fingerprint density at radius 1 is 0.964 bits per heavy atom. The minimum absolute atomic E-state index is 0.264. The topological polar surface area (TPSA) is 78.4 Å². The number of nitrogens with one attached hydrogen (secondary N) is 1. The van der Waals surface area contributed by atoms with Crippen LogP contribution in [0.3, 0.4) is 0 Å². The van der Waals surface area contributed by atoms with Crippen LogP contribution in [0, 0.1) is 5.82 Å². The Morgan fingerprint density at radius 2 is 1.68 bits per heavy atom. The first-order valence-corrected chi connectivity index (χ1v) is 10.4. The van der Waals surface area contributed by atoms with Gasteiger partial charge in [0.25, 0.3) is 0 Å². The summed E-state index contributed by atoms with van der Waals surface area (Å²) in [5.41, 5.74) is 0.982. The second kappa shape index (κ2) is 7.33. The number of hydrogen-bond donors (Lipinski definition) is 1. The van der Waals surface area contributed by atoms with Crippen LogP contribution in [-0.4, -0.2) is 51.6 Å². The van der Waals surface area contributed by atoms with Gasteiger partial charge in [-0.2, -0.15) is 0 Å². The number of anilines is 2. The Kier molecular flexibility index (Phi) is 4.86. The lowest BCUT2D eigenvalue weighted by atomic mass is 10.2. The summed E-state index contributed by atoms with van der Waals surface area (Å²) < 4.78 is 41.1. The van der Waals surface area contributed by atoms with Crippen LogP contribution in [0.25, 0.3) is 10.9 Å². The molecule has 1 saturated heterocycles. The van der Waals surface area contributed by atoms with Crippen molar-refractivity contribution in [2.24, 2.45) is 0 Å². The predicted molar refractivity (Wildman–Crippen MR) is 107 cm³/mol. The zero-order chi connectivity index (χ0) is 19.7. The molecule has 0 unspecified atom stereocenters. The lowest BCUT2D eigenvalue weighted by Gasteiger charge is -2.37. The number of benzene rings is 2. The molecule has 1 aromatic heterocycles. The van der Waals surface area contributed by atoms with Crippen LogP contribution in [0.2, 0.25) is 0 Å². The van der Waals surface area contributed by atoms with Gasteiger partial charge in [0.2, 0.25) is 10.0 Å². The van der Waals surface area contributed by atoms with Crippen molar-refractivity contribution in [3.05, 3.63) is 54.6 Å². The predicted octanol–water partition coefficient (Wildman–Crippen LogP) is 2.00. The van der Waals surface area contributed by atoms with Crippen molar-refractivity contribution < 1.29 is 12.8 Å². The van der Waals surface area contributed by atoms with E-state index in [1.807, 2.05) is 23.1 Å². The molecule has 2 aromatic carbocycles. The number of halogens is 1. The molecule has 7 nitrogen and oxygen atoms in total. The molecule has 0 radical (unpaired) electrons. The Bertz CT molecular complexity index is 1110. The average molecular weight is 401 g/mol. The maximum absolute atomic E-state index is 14.0. The molecule has 0 bridgehead atoms. The number of rotatable bonds is 4. The number of piperazine rings is 1. The van der Waals surface area contributed by atoms with Crippen LogP contribution in [0.15, 0.2) is 53.7 Å². The van der Waals surface area contributed by atoms with E-state index in [2.05, 4.69) is 19.6 Å². The van der Waals surface area contributed by atoms with Gasteiger partial charge in [-0.25, -0.2) is 27.5 Å². The van der Waals surface area contributed by atoms with E-state index in [4.69, 9.17) is 0 Å². The van der Waals surface area contributed by atoms with Crippen LogP contribution in [0.4, 0.5) is 15.9 Å². The molecular formula is C19H20FN5O2S. The van der Waals surface area contributed by atoms with Crippen molar-refractivity contribution in [3.8, 4) is 0 Å². The van der Waals surface area contributed by atoms with Gasteiger partial charge in [0.05, 0.1) is 5.69 Å². The van der Waals surface area contributed by atoms with Crippen molar-refractivity contribution in [2.45, 2.75) is 4.90 Å². The molecular weight excluding hydrogens is 381 g/mol. The average Bonchev–Trinajstić information content (AvgIpc) is 2.74. The van der Waals surface area contributed by atoms with Gasteiger partial charge in [-0.05, 0) is 31.3 Å². The van der Waals surface area contributed by atoms with Gasteiger partial charge >= 0.3 is 0 Å². The number of para-hydroxylation sites is 2. The smallest absolute Gasteiger partial charge is 0.242 e. The van der Waals surface area contributed by atoms with Crippen LogP contribution in [0.5, 0.6) is 0 Å². The van der Waals surface area contributed by atoms with E-state index in [-0.39, 0.29) is 10.7 Å². The molecule has 0 amide bonds. The molecule has 28 heavy (non-hydrogen) atoms. The van der Waals surface area contributed by atoms with E-state index >= 15 is 0 Å². The third-order valence-electron chi connectivity index (χ3n) is 4.94. The van der Waals surface area contributed by atoms with E-state index < -0.39 is 10.0 Å². The normalized spacial score (nSPS) is 15.2. The molecule has 9 heteroatoms. The standard InChI is InChI=1S/C19H20FN5O2S/c1-21-28(26,27)17-8-3-2-7-16(17)24-9-11-25(12-10-24)19-14-5-4-6-15(20)18(14)22-13-23-19/h2-8,13,21H,9-12H2,1H3. The summed E-state index contributed by atoms with van der Waals surface area (Å²) >= 11 is 0. The van der Waals surface area contributed by atoms with E-state index in [0.29, 0.717) is 48.6 Å². The first-order chi connectivity index (χ1) is 13.5. The number of nitrogens with zero attached hydrogens (tertiary/aromatic N) is 4. The molecule has 2 heterocycles. The minimum atomic E-state index is -3.54. The number of sulfonamides is 1. The minimum Gasteiger partial charge on any atom is -0.367 e. The summed E-state index contributed by atoms with van der Waals surface area (Å²) in [6.45, 7) is 2.52. The first-order valence-electron chi connectivity index (χ1n) is 8.93. The van der Waals surface area contributed by atoms with Gasteiger partial charge in [-0.15, -0.1) is 0 Å². The Morgan fingerprint density at radius 3 is 2.43 bits per heavy atom. The summed E-state index contributed by atoms with van der Waals surface area (Å²) in [7, 11) is -2.14. The van der Waals surface area contributed by atoms with Gasteiger partial charge in [0.15, 0.2) is 0 Å². The third kappa shape index (κ3) is 3.27. The molecule has 0 saturated carbocycles. The van der Waals surface area contributed by atoms with Gasteiger partial charge in [-0.3, -0.25) is 0 Å². The van der Waals surface area contributed by atoms with E-state index in [1.165, 1.54) is 19.4 Å². The summed E-state index contributed by atoms with van der Waals surface area (Å²) in [6.07, 6.45) is 1.38.